The molecule has 1 atom stereocenters. The van der Waals surface area contributed by atoms with E-state index >= 15 is 0 Å². The Balaban J connectivity index is 1.69. The van der Waals surface area contributed by atoms with Crippen molar-refractivity contribution in [3.63, 3.8) is 0 Å². The zero-order chi connectivity index (χ0) is 13.2. The Morgan fingerprint density at radius 2 is 2.21 bits per heavy atom. The number of nitrogens with zero attached hydrogens (tertiary/aromatic N) is 1. The summed E-state index contributed by atoms with van der Waals surface area (Å²) in [6, 6.07) is 5.99. The zero-order valence-corrected chi connectivity index (χ0v) is 11.2. The van der Waals surface area contributed by atoms with Gasteiger partial charge in [0.15, 0.2) is 11.5 Å². The summed E-state index contributed by atoms with van der Waals surface area (Å²) in [5.41, 5.74) is 1.12. The molecule has 0 amide bonds. The molecule has 0 N–H and O–H groups in total. The first kappa shape index (κ1) is 12.3. The number of ether oxygens (including phenoxy) is 2. The van der Waals surface area contributed by atoms with Gasteiger partial charge in [-0.1, -0.05) is 6.92 Å². The van der Waals surface area contributed by atoms with E-state index in [9.17, 15) is 4.79 Å². The second-order valence-corrected chi connectivity index (χ2v) is 5.19. The Morgan fingerprint density at radius 1 is 1.37 bits per heavy atom. The van der Waals surface area contributed by atoms with Gasteiger partial charge in [-0.05, 0) is 25.0 Å². The van der Waals surface area contributed by atoms with Crippen LogP contribution >= 0.6 is 0 Å². The predicted molar refractivity (Wildman–Crippen MR) is 72.8 cm³/mol. The van der Waals surface area contributed by atoms with Crippen LogP contribution in [0.1, 0.15) is 26.2 Å². The summed E-state index contributed by atoms with van der Waals surface area (Å²) in [7, 11) is 0. The van der Waals surface area contributed by atoms with E-state index in [0.717, 1.165) is 43.1 Å². The summed E-state index contributed by atoms with van der Waals surface area (Å²) >= 11 is 0. The number of hydrogen-bond acceptors (Lipinski definition) is 4. The van der Waals surface area contributed by atoms with Gasteiger partial charge >= 0.3 is 0 Å². The maximum atomic E-state index is 11.9. The third-order valence-electron chi connectivity index (χ3n) is 3.86. The van der Waals surface area contributed by atoms with Crippen molar-refractivity contribution < 1.29 is 14.3 Å². The molecule has 1 unspecified atom stereocenters. The van der Waals surface area contributed by atoms with Crippen LogP contribution in [0.3, 0.4) is 0 Å². The molecular formula is C15H19NO3. The molecule has 0 bridgehead atoms. The molecule has 2 aliphatic heterocycles. The molecule has 0 aromatic heterocycles. The highest BCUT2D eigenvalue weighted by Gasteiger charge is 2.28. The van der Waals surface area contributed by atoms with Gasteiger partial charge in [-0.2, -0.15) is 0 Å². The van der Waals surface area contributed by atoms with E-state index in [2.05, 4.69) is 11.8 Å². The molecule has 0 radical (unpaired) electrons. The first-order valence-corrected chi connectivity index (χ1v) is 6.95. The van der Waals surface area contributed by atoms with Crippen molar-refractivity contribution in [1.82, 2.24) is 0 Å². The minimum Gasteiger partial charge on any atom is -0.454 e. The Bertz CT molecular complexity index is 486. The van der Waals surface area contributed by atoms with Gasteiger partial charge in [-0.3, -0.25) is 4.79 Å². The maximum absolute atomic E-state index is 11.9. The summed E-state index contributed by atoms with van der Waals surface area (Å²) < 4.78 is 10.7. The first-order valence-electron chi connectivity index (χ1n) is 6.95. The van der Waals surface area contributed by atoms with E-state index < -0.39 is 0 Å². The predicted octanol–water partition coefficient (Wildman–Crippen LogP) is 2.61. The van der Waals surface area contributed by atoms with Crippen molar-refractivity contribution in [2.24, 2.45) is 5.92 Å². The van der Waals surface area contributed by atoms with Crippen LogP contribution in [0.15, 0.2) is 18.2 Å². The van der Waals surface area contributed by atoms with Crippen molar-refractivity contribution in [2.75, 3.05) is 24.8 Å². The third-order valence-corrected chi connectivity index (χ3v) is 3.86. The molecule has 1 aromatic carbocycles. The highest BCUT2D eigenvalue weighted by atomic mass is 16.7. The zero-order valence-electron chi connectivity index (χ0n) is 11.2. The minimum absolute atomic E-state index is 0.199. The smallest absolute Gasteiger partial charge is 0.231 e. The number of carbonyl (C=O) groups is 1. The van der Waals surface area contributed by atoms with Gasteiger partial charge in [0.2, 0.25) is 6.79 Å². The molecule has 1 fully saturated rings. The summed E-state index contributed by atoms with van der Waals surface area (Å²) in [4.78, 5) is 14.2. The van der Waals surface area contributed by atoms with Crippen molar-refractivity contribution in [2.45, 2.75) is 26.2 Å². The minimum atomic E-state index is 0.199. The SMILES string of the molecule is CCCC(=O)C1CCN(c2ccc3c(c2)OCO3)C1. The van der Waals surface area contributed by atoms with Crippen LogP contribution in [0.25, 0.3) is 0 Å². The highest BCUT2D eigenvalue weighted by Crippen LogP contribution is 2.36. The molecule has 0 aliphatic carbocycles. The normalized spacial score (nSPS) is 20.9. The van der Waals surface area contributed by atoms with Crippen molar-refractivity contribution >= 4 is 11.5 Å². The molecule has 19 heavy (non-hydrogen) atoms. The summed E-state index contributed by atoms with van der Waals surface area (Å²) in [6.07, 6.45) is 2.62. The lowest BCUT2D eigenvalue weighted by Gasteiger charge is -2.18. The lowest BCUT2D eigenvalue weighted by molar-refractivity contribution is -0.122. The second-order valence-electron chi connectivity index (χ2n) is 5.19. The average Bonchev–Trinajstić information content (AvgIpc) is 3.07. The fourth-order valence-corrected chi connectivity index (χ4v) is 2.79. The van der Waals surface area contributed by atoms with Gasteiger partial charge in [0, 0.05) is 37.2 Å². The number of fused-ring (bicyclic) bond motifs is 1. The van der Waals surface area contributed by atoms with Crippen molar-refractivity contribution in [3.05, 3.63) is 18.2 Å². The Kier molecular flexibility index (Phi) is 3.32. The molecule has 4 nitrogen and oxygen atoms in total. The van der Waals surface area contributed by atoms with Gasteiger partial charge < -0.3 is 14.4 Å². The van der Waals surface area contributed by atoms with Crippen LogP contribution in [0.5, 0.6) is 11.5 Å². The quantitative estimate of drug-likeness (QED) is 0.835. The number of ketones is 1. The standard InChI is InChI=1S/C15H19NO3/c1-2-3-13(17)11-6-7-16(9-11)12-4-5-14-15(8-12)19-10-18-14/h4-5,8,11H,2-3,6-7,9-10H2,1H3. The topological polar surface area (TPSA) is 38.8 Å². The van der Waals surface area contributed by atoms with Crippen LogP contribution in [0.2, 0.25) is 0 Å². The van der Waals surface area contributed by atoms with Gasteiger partial charge in [0.25, 0.3) is 0 Å². The van der Waals surface area contributed by atoms with Crippen LogP contribution in [-0.4, -0.2) is 25.7 Å². The molecule has 0 spiro atoms. The van der Waals surface area contributed by atoms with E-state index in [1.54, 1.807) is 0 Å². The average molecular weight is 261 g/mol. The van der Waals surface area contributed by atoms with Crippen LogP contribution < -0.4 is 14.4 Å². The van der Waals surface area contributed by atoms with Crippen molar-refractivity contribution in [1.29, 1.82) is 0 Å². The van der Waals surface area contributed by atoms with E-state index in [-0.39, 0.29) is 5.92 Å². The Hall–Kier alpha value is -1.71. The number of rotatable bonds is 4. The van der Waals surface area contributed by atoms with Crippen LogP contribution in [0.4, 0.5) is 5.69 Å². The van der Waals surface area contributed by atoms with Gasteiger partial charge in [0.1, 0.15) is 5.78 Å². The Morgan fingerprint density at radius 3 is 3.05 bits per heavy atom. The van der Waals surface area contributed by atoms with Gasteiger partial charge in [-0.15, -0.1) is 0 Å². The summed E-state index contributed by atoms with van der Waals surface area (Å²) in [5, 5.41) is 0. The molecule has 102 valence electrons. The van der Waals surface area contributed by atoms with Crippen molar-refractivity contribution in [3.8, 4) is 11.5 Å². The van der Waals surface area contributed by atoms with Crippen LogP contribution in [-0.2, 0) is 4.79 Å². The van der Waals surface area contributed by atoms with Gasteiger partial charge in [0.05, 0.1) is 0 Å². The first-order chi connectivity index (χ1) is 9.28. The lowest BCUT2D eigenvalue weighted by Crippen LogP contribution is -2.22. The lowest BCUT2D eigenvalue weighted by atomic mass is 10.00. The molecule has 1 aromatic rings. The van der Waals surface area contributed by atoms with Crippen LogP contribution in [0, 0.1) is 5.92 Å². The number of Topliss-reactive ketones (excluding diaryl/α,β-unsaturated/α-hetero) is 1. The molecular weight excluding hydrogens is 242 g/mol. The summed E-state index contributed by atoms with van der Waals surface area (Å²) in [6.45, 7) is 4.14. The summed E-state index contributed by atoms with van der Waals surface area (Å²) in [5.74, 6) is 2.22. The Labute approximate surface area is 113 Å². The fraction of sp³-hybridized carbons (Fsp3) is 0.533. The number of anilines is 1. The second kappa shape index (κ2) is 5.11. The maximum Gasteiger partial charge on any atom is 0.231 e. The van der Waals surface area contributed by atoms with E-state index in [1.807, 2.05) is 18.2 Å². The molecule has 4 heteroatoms. The highest BCUT2D eigenvalue weighted by molar-refractivity contribution is 5.82. The van der Waals surface area contributed by atoms with E-state index in [4.69, 9.17) is 9.47 Å². The number of benzene rings is 1. The van der Waals surface area contributed by atoms with Gasteiger partial charge in [-0.25, -0.2) is 0 Å². The molecule has 0 saturated carbocycles. The molecule has 1 saturated heterocycles. The number of carbonyl (C=O) groups excluding carboxylic acids is 1. The molecule has 2 heterocycles. The monoisotopic (exact) mass is 261 g/mol. The number of hydrogen-bond donors (Lipinski definition) is 0. The largest absolute Gasteiger partial charge is 0.454 e. The van der Waals surface area contributed by atoms with E-state index in [1.165, 1.54) is 0 Å². The molecule has 3 rings (SSSR count). The molecule has 2 aliphatic rings. The fourth-order valence-electron chi connectivity index (χ4n) is 2.79. The van der Waals surface area contributed by atoms with E-state index in [0.29, 0.717) is 19.0 Å². The third kappa shape index (κ3) is 2.39.